The summed E-state index contributed by atoms with van der Waals surface area (Å²) in [5, 5.41) is 15.9. The van der Waals surface area contributed by atoms with Gasteiger partial charge in [-0.2, -0.15) is 0 Å². The number of carbonyl (C=O) groups is 2. The zero-order valence-corrected chi connectivity index (χ0v) is 20.6. The molecule has 0 fully saturated rings. The van der Waals surface area contributed by atoms with Gasteiger partial charge in [0.05, 0.1) is 12.0 Å². The fraction of sp³-hybridized carbons (Fsp3) is 0.357. The lowest BCUT2D eigenvalue weighted by atomic mass is 10.0. The molecule has 6 rings (SSSR count). The summed E-state index contributed by atoms with van der Waals surface area (Å²) in [6.45, 7) is 0.845. The second kappa shape index (κ2) is 12.6. The first-order chi connectivity index (χ1) is 17.1. The second-order valence-electron chi connectivity index (χ2n) is 8.83. The minimum atomic E-state index is -1.04. The maximum Gasteiger partial charge on any atom is 0.352 e. The molecular weight excluding hydrogens is 460 g/mol. The van der Waals surface area contributed by atoms with Crippen LogP contribution in [-0.2, 0) is 27.3 Å². The van der Waals surface area contributed by atoms with Gasteiger partial charge in [0.15, 0.2) is 0 Å². The zero-order chi connectivity index (χ0) is 24.5. The molecular formula is C28H32N2O4S. The first-order valence-electron chi connectivity index (χ1n) is 12.2. The van der Waals surface area contributed by atoms with Crippen molar-refractivity contribution in [1.29, 1.82) is 0 Å². The molecule has 7 heteroatoms. The summed E-state index contributed by atoms with van der Waals surface area (Å²) in [7, 11) is 0. The van der Waals surface area contributed by atoms with Gasteiger partial charge in [-0.15, -0.1) is 11.8 Å². The van der Waals surface area contributed by atoms with Gasteiger partial charge in [-0.3, -0.25) is 10.1 Å². The van der Waals surface area contributed by atoms with Gasteiger partial charge in [-0.25, -0.2) is 4.79 Å². The minimum Gasteiger partial charge on any atom is -0.477 e. The molecule has 3 N–H and O–H groups in total. The molecule has 2 atom stereocenters. The highest BCUT2D eigenvalue weighted by Gasteiger charge is 2.34. The van der Waals surface area contributed by atoms with E-state index in [2.05, 4.69) is 34.9 Å². The second-order valence-corrected chi connectivity index (χ2v) is 9.96. The van der Waals surface area contributed by atoms with E-state index in [0.29, 0.717) is 24.5 Å². The normalized spacial score (nSPS) is 22.5. The summed E-state index contributed by atoms with van der Waals surface area (Å²) in [5.41, 5.74) is 4.18. The van der Waals surface area contributed by atoms with Crippen LogP contribution in [0.1, 0.15) is 42.4 Å². The van der Waals surface area contributed by atoms with Crippen LogP contribution in [0.15, 0.2) is 71.9 Å². The molecule has 4 aliphatic rings. The van der Waals surface area contributed by atoms with Gasteiger partial charge in [-0.05, 0) is 41.5 Å². The van der Waals surface area contributed by atoms with Crippen molar-refractivity contribution in [1.82, 2.24) is 10.6 Å². The Morgan fingerprint density at radius 2 is 1.80 bits per heavy atom. The third-order valence-corrected chi connectivity index (χ3v) is 7.45. The fourth-order valence-electron chi connectivity index (χ4n) is 4.22. The van der Waals surface area contributed by atoms with E-state index < -0.39 is 17.4 Å². The van der Waals surface area contributed by atoms with E-state index in [-0.39, 0.29) is 11.7 Å². The highest BCUT2D eigenvalue weighted by molar-refractivity contribution is 8.00. The van der Waals surface area contributed by atoms with Crippen molar-refractivity contribution in [3.05, 3.63) is 88.6 Å². The number of thioether (sulfide) groups is 1. The Bertz CT molecular complexity index is 1070. The lowest BCUT2D eigenvalue weighted by Crippen LogP contribution is -2.53. The maximum absolute atomic E-state index is 13.1. The molecule has 6 nitrogen and oxygen atoms in total. The van der Waals surface area contributed by atoms with Crippen molar-refractivity contribution < 1.29 is 19.4 Å². The van der Waals surface area contributed by atoms with Crippen molar-refractivity contribution in [2.45, 2.75) is 50.1 Å². The van der Waals surface area contributed by atoms with E-state index in [1.807, 2.05) is 42.5 Å². The quantitative estimate of drug-likeness (QED) is 0.541. The Kier molecular flexibility index (Phi) is 9.03. The summed E-state index contributed by atoms with van der Waals surface area (Å²) in [6.07, 6.45) is 8.82. The number of esters is 1. The molecule has 0 spiro atoms. The molecule has 0 amide bonds. The smallest absolute Gasteiger partial charge is 0.352 e. The number of carboxylic acids is 1. The van der Waals surface area contributed by atoms with Crippen LogP contribution in [0.3, 0.4) is 0 Å². The average molecular weight is 493 g/mol. The average Bonchev–Trinajstić information content (AvgIpc) is 2.88. The first-order valence-corrected chi connectivity index (χ1v) is 13.2. The Morgan fingerprint density at radius 3 is 2.57 bits per heavy atom. The number of carboxylic acid groups (broad SMARTS) is 1. The van der Waals surface area contributed by atoms with Crippen LogP contribution in [0, 0.1) is 0 Å². The van der Waals surface area contributed by atoms with Gasteiger partial charge in [0.1, 0.15) is 11.7 Å². The van der Waals surface area contributed by atoms with E-state index in [1.54, 1.807) is 0 Å². The number of carbonyl (C=O) groups excluding carboxylic acids is 1. The molecule has 2 aromatic carbocycles. The number of hydrogen-bond acceptors (Lipinski definition) is 6. The van der Waals surface area contributed by atoms with Crippen LogP contribution in [0.4, 0.5) is 0 Å². The molecule has 2 aromatic rings. The number of benzene rings is 2. The standard InChI is InChI=1S/C28H32N2O4S/c31-27(32)24-23-16-15-21-13-11-20(12-14-21)8-4-1-2-7-17-34-28(33)25(26(30-24)35-19-23)29-18-22-9-5-3-6-10-22/h3,5-6,9-16,25-26,29-30H,1-2,4,7-8,17-19H2,(H,31,32)/b16-15+. The molecule has 35 heavy (non-hydrogen) atoms. The molecule has 0 saturated heterocycles. The number of fused-ring (bicyclic) bond motifs is 2. The SMILES string of the molecule is O=C(O)C1=C2/C=C/c3ccc(cc3)CCCCCCOC(=O)C(NCc3ccccc3)C(N1)SC2. The number of aryl methyl sites for hydroxylation is 1. The van der Waals surface area contributed by atoms with Gasteiger partial charge in [0.2, 0.25) is 0 Å². The van der Waals surface area contributed by atoms with E-state index in [9.17, 15) is 14.7 Å². The molecule has 184 valence electrons. The number of nitrogens with one attached hydrogen (secondary N) is 2. The van der Waals surface area contributed by atoms with Gasteiger partial charge in [0.25, 0.3) is 0 Å². The summed E-state index contributed by atoms with van der Waals surface area (Å²) in [5.74, 6) is -0.915. The van der Waals surface area contributed by atoms with Gasteiger partial charge in [-0.1, -0.05) is 79.6 Å². The Morgan fingerprint density at radius 1 is 1.03 bits per heavy atom. The monoisotopic (exact) mass is 492 g/mol. The summed E-state index contributed by atoms with van der Waals surface area (Å²) in [4.78, 5) is 25.2. The van der Waals surface area contributed by atoms with Crippen LogP contribution in [0.25, 0.3) is 6.08 Å². The van der Waals surface area contributed by atoms with Crippen LogP contribution in [0.5, 0.6) is 0 Å². The van der Waals surface area contributed by atoms with Crippen LogP contribution >= 0.6 is 11.8 Å². The van der Waals surface area contributed by atoms with Crippen LogP contribution < -0.4 is 10.6 Å². The van der Waals surface area contributed by atoms with Gasteiger partial charge < -0.3 is 15.2 Å². The van der Waals surface area contributed by atoms with Crippen molar-refractivity contribution in [2.24, 2.45) is 0 Å². The summed E-state index contributed by atoms with van der Waals surface area (Å²) in [6, 6.07) is 17.6. The topological polar surface area (TPSA) is 87.7 Å². The first kappa shape index (κ1) is 25.1. The summed E-state index contributed by atoms with van der Waals surface area (Å²) < 4.78 is 5.64. The Balaban J connectivity index is 1.58. The molecule has 4 heterocycles. The van der Waals surface area contributed by atoms with E-state index in [1.165, 1.54) is 17.3 Å². The maximum atomic E-state index is 13.1. The number of hydrogen-bond donors (Lipinski definition) is 3. The zero-order valence-electron chi connectivity index (χ0n) is 19.7. The number of allylic oxidation sites excluding steroid dienone is 1. The Labute approximate surface area is 210 Å². The number of rotatable bonds is 4. The van der Waals surface area contributed by atoms with Gasteiger partial charge in [0, 0.05) is 12.3 Å². The van der Waals surface area contributed by atoms with E-state index in [0.717, 1.165) is 43.2 Å². The molecule has 4 aliphatic heterocycles. The van der Waals surface area contributed by atoms with Gasteiger partial charge >= 0.3 is 11.9 Å². The molecule has 2 unspecified atom stereocenters. The summed E-state index contributed by atoms with van der Waals surface area (Å²) >= 11 is 1.51. The number of aliphatic carboxylic acids is 1. The molecule has 0 radical (unpaired) electrons. The van der Waals surface area contributed by atoms with Crippen LogP contribution in [0.2, 0.25) is 0 Å². The third-order valence-electron chi connectivity index (χ3n) is 6.23. The largest absolute Gasteiger partial charge is 0.477 e. The molecule has 0 aliphatic carbocycles. The fourth-order valence-corrected chi connectivity index (χ4v) is 5.42. The highest BCUT2D eigenvalue weighted by atomic mass is 32.2. The minimum absolute atomic E-state index is 0.124. The molecule has 0 saturated carbocycles. The van der Waals surface area contributed by atoms with Crippen molar-refractivity contribution in [2.75, 3.05) is 12.4 Å². The molecule has 4 bridgehead atoms. The third kappa shape index (κ3) is 7.23. The van der Waals surface area contributed by atoms with E-state index >= 15 is 0 Å². The molecule has 0 aromatic heterocycles. The van der Waals surface area contributed by atoms with Crippen LogP contribution in [-0.4, -0.2) is 40.8 Å². The van der Waals surface area contributed by atoms with Crippen molar-refractivity contribution >= 4 is 29.8 Å². The van der Waals surface area contributed by atoms with Crippen molar-refractivity contribution in [3.63, 3.8) is 0 Å². The number of ether oxygens (including phenoxy) is 1. The highest BCUT2D eigenvalue weighted by Crippen LogP contribution is 2.27. The lowest BCUT2D eigenvalue weighted by Gasteiger charge is -2.32. The van der Waals surface area contributed by atoms with Crippen molar-refractivity contribution in [3.8, 4) is 0 Å². The predicted molar refractivity (Wildman–Crippen MR) is 140 cm³/mol. The lowest BCUT2D eigenvalue weighted by molar-refractivity contribution is -0.146. The van der Waals surface area contributed by atoms with E-state index in [4.69, 9.17) is 4.74 Å². The Hall–Kier alpha value is -3.03. The predicted octanol–water partition coefficient (Wildman–Crippen LogP) is 4.52.